The summed E-state index contributed by atoms with van der Waals surface area (Å²) in [7, 11) is 0. The minimum Gasteiger partial charge on any atom is -0.278 e. The summed E-state index contributed by atoms with van der Waals surface area (Å²) in [5.41, 5.74) is 5.65. The second kappa shape index (κ2) is 7.70. The molecule has 0 saturated carbocycles. The highest BCUT2D eigenvalue weighted by atomic mass is 15.2. The fraction of sp³-hybridized carbons (Fsp3) is 0. The molecule has 0 bridgehead atoms. The lowest BCUT2D eigenvalue weighted by atomic mass is 10.0. The number of nitrogens with zero attached hydrogens (tertiary/aromatic N) is 4. The van der Waals surface area contributed by atoms with E-state index in [1.165, 1.54) is 32.3 Å². The van der Waals surface area contributed by atoms with E-state index in [1.54, 1.807) is 6.20 Å². The Morgan fingerprint density at radius 1 is 0.514 bits per heavy atom. The molecule has 0 aliphatic heterocycles. The van der Waals surface area contributed by atoms with Gasteiger partial charge >= 0.3 is 0 Å². The number of fused-ring (bicyclic) bond motifs is 6. The van der Waals surface area contributed by atoms with Gasteiger partial charge in [0.25, 0.3) is 0 Å². The van der Waals surface area contributed by atoms with E-state index >= 15 is 0 Å². The molecule has 172 valence electrons. The molecule has 0 amide bonds. The van der Waals surface area contributed by atoms with Gasteiger partial charge in [0.15, 0.2) is 0 Å². The lowest BCUT2D eigenvalue weighted by Gasteiger charge is -2.11. The second-order valence-electron chi connectivity index (χ2n) is 9.38. The van der Waals surface area contributed by atoms with Crippen LogP contribution in [0.2, 0.25) is 0 Å². The summed E-state index contributed by atoms with van der Waals surface area (Å²) in [5, 5.41) is 7.20. The SMILES string of the molecule is c1ccc(-c2nc(-n3c4cc5ccccc5cc4c4cc5ccccc5cc43)nc3cccnc23)cc1. The zero-order chi connectivity index (χ0) is 24.3. The number of aromatic nitrogens is 4. The summed E-state index contributed by atoms with van der Waals surface area (Å²) < 4.78 is 2.21. The lowest BCUT2D eigenvalue weighted by Crippen LogP contribution is -2.04. The topological polar surface area (TPSA) is 43.6 Å². The smallest absolute Gasteiger partial charge is 0.235 e. The highest BCUT2D eigenvalue weighted by molar-refractivity contribution is 6.16. The Morgan fingerprint density at radius 2 is 1.08 bits per heavy atom. The fourth-order valence-electron chi connectivity index (χ4n) is 5.46. The molecule has 0 atom stereocenters. The maximum atomic E-state index is 5.16. The number of pyridine rings is 1. The first-order chi connectivity index (χ1) is 18.3. The average Bonchev–Trinajstić information content (AvgIpc) is 3.26. The molecule has 3 heterocycles. The van der Waals surface area contributed by atoms with Crippen molar-refractivity contribution < 1.29 is 0 Å². The molecular weight excluding hydrogens is 452 g/mol. The van der Waals surface area contributed by atoms with Gasteiger partial charge in [0, 0.05) is 22.5 Å². The van der Waals surface area contributed by atoms with Gasteiger partial charge in [0.2, 0.25) is 5.95 Å². The van der Waals surface area contributed by atoms with E-state index in [-0.39, 0.29) is 0 Å². The van der Waals surface area contributed by atoms with Crippen LogP contribution < -0.4 is 0 Å². The Hall–Kier alpha value is -5.09. The van der Waals surface area contributed by atoms with Crippen molar-refractivity contribution in [3.8, 4) is 17.2 Å². The first-order valence-corrected chi connectivity index (χ1v) is 12.4. The van der Waals surface area contributed by atoms with Crippen molar-refractivity contribution in [2.24, 2.45) is 0 Å². The van der Waals surface area contributed by atoms with E-state index in [4.69, 9.17) is 9.97 Å². The Labute approximate surface area is 212 Å². The Morgan fingerprint density at radius 3 is 1.70 bits per heavy atom. The van der Waals surface area contributed by atoms with Crippen molar-refractivity contribution in [2.75, 3.05) is 0 Å². The summed E-state index contributed by atoms with van der Waals surface area (Å²) >= 11 is 0. The van der Waals surface area contributed by atoms with Crippen LogP contribution in [0.3, 0.4) is 0 Å². The molecule has 0 spiro atoms. The van der Waals surface area contributed by atoms with Crippen LogP contribution in [0.5, 0.6) is 0 Å². The molecule has 4 nitrogen and oxygen atoms in total. The van der Waals surface area contributed by atoms with Crippen molar-refractivity contribution in [1.82, 2.24) is 19.5 Å². The summed E-state index contributed by atoms with van der Waals surface area (Å²) in [6.45, 7) is 0. The number of benzene rings is 5. The van der Waals surface area contributed by atoms with Crippen LogP contribution in [0.25, 0.3) is 71.6 Å². The number of hydrogen-bond acceptors (Lipinski definition) is 3. The van der Waals surface area contributed by atoms with Crippen molar-refractivity contribution >= 4 is 54.4 Å². The van der Waals surface area contributed by atoms with Crippen molar-refractivity contribution in [3.63, 3.8) is 0 Å². The molecule has 0 unspecified atom stereocenters. The van der Waals surface area contributed by atoms with Crippen LogP contribution in [-0.4, -0.2) is 19.5 Å². The van der Waals surface area contributed by atoms with Gasteiger partial charge in [-0.25, -0.2) is 9.97 Å². The van der Waals surface area contributed by atoms with Gasteiger partial charge in [0.1, 0.15) is 11.2 Å². The molecular formula is C33H20N4. The normalized spacial score (nSPS) is 11.8. The van der Waals surface area contributed by atoms with E-state index in [9.17, 15) is 0 Å². The monoisotopic (exact) mass is 472 g/mol. The fourth-order valence-corrected chi connectivity index (χ4v) is 5.46. The first-order valence-electron chi connectivity index (χ1n) is 12.4. The quantitative estimate of drug-likeness (QED) is 0.255. The summed E-state index contributed by atoms with van der Waals surface area (Å²) in [4.78, 5) is 14.9. The van der Waals surface area contributed by atoms with Crippen LogP contribution in [0.1, 0.15) is 0 Å². The van der Waals surface area contributed by atoms with Crippen molar-refractivity contribution in [2.45, 2.75) is 0 Å². The predicted molar refractivity (Wildman–Crippen MR) is 152 cm³/mol. The van der Waals surface area contributed by atoms with Crippen LogP contribution in [0, 0.1) is 0 Å². The van der Waals surface area contributed by atoms with E-state index in [1.807, 2.05) is 30.3 Å². The molecule has 0 N–H and O–H groups in total. The average molecular weight is 473 g/mol. The van der Waals surface area contributed by atoms with Gasteiger partial charge in [-0.1, -0.05) is 78.9 Å². The standard InChI is InChI=1S/C33H20N4/c1-2-9-21(10-3-1)31-32-28(15-8-16-34-32)35-33(36-31)37-29-19-24-13-6-4-11-22(24)17-26(29)27-18-23-12-5-7-14-25(23)20-30(27)37/h1-20H. The molecule has 0 fully saturated rings. The summed E-state index contributed by atoms with van der Waals surface area (Å²) in [6.07, 6.45) is 1.80. The van der Waals surface area contributed by atoms with Crippen LogP contribution in [-0.2, 0) is 0 Å². The highest BCUT2D eigenvalue weighted by Gasteiger charge is 2.19. The molecule has 0 radical (unpaired) electrons. The number of hydrogen-bond donors (Lipinski definition) is 0. The van der Waals surface area contributed by atoms with Crippen LogP contribution in [0.4, 0.5) is 0 Å². The second-order valence-corrected chi connectivity index (χ2v) is 9.38. The van der Waals surface area contributed by atoms with Gasteiger partial charge in [-0.05, 0) is 57.9 Å². The third-order valence-electron chi connectivity index (χ3n) is 7.19. The van der Waals surface area contributed by atoms with E-state index < -0.39 is 0 Å². The van der Waals surface area contributed by atoms with E-state index in [0.29, 0.717) is 5.95 Å². The molecule has 8 rings (SSSR count). The van der Waals surface area contributed by atoms with Gasteiger partial charge < -0.3 is 0 Å². The molecule has 5 aromatic carbocycles. The number of rotatable bonds is 2. The first kappa shape index (κ1) is 20.1. The Kier molecular flexibility index (Phi) is 4.19. The maximum absolute atomic E-state index is 5.16. The lowest BCUT2D eigenvalue weighted by molar-refractivity contribution is 1.01. The molecule has 8 aromatic rings. The maximum Gasteiger partial charge on any atom is 0.235 e. The molecule has 0 saturated heterocycles. The predicted octanol–water partition coefficient (Wildman–Crippen LogP) is 8.10. The van der Waals surface area contributed by atoms with Gasteiger partial charge in [-0.15, -0.1) is 0 Å². The molecule has 4 heteroatoms. The zero-order valence-corrected chi connectivity index (χ0v) is 19.8. The highest BCUT2D eigenvalue weighted by Crippen LogP contribution is 2.37. The minimum atomic E-state index is 0.643. The van der Waals surface area contributed by atoms with Crippen LogP contribution >= 0.6 is 0 Å². The van der Waals surface area contributed by atoms with Gasteiger partial charge in [0.05, 0.1) is 16.6 Å². The molecule has 3 aromatic heterocycles. The Balaban J connectivity index is 1.55. The van der Waals surface area contributed by atoms with E-state index in [2.05, 4.69) is 94.5 Å². The van der Waals surface area contributed by atoms with Gasteiger partial charge in [-0.3, -0.25) is 9.55 Å². The zero-order valence-electron chi connectivity index (χ0n) is 19.8. The van der Waals surface area contributed by atoms with Crippen LogP contribution in [0.15, 0.2) is 121 Å². The summed E-state index contributed by atoms with van der Waals surface area (Å²) in [5.74, 6) is 0.643. The third kappa shape index (κ3) is 3.06. The van der Waals surface area contributed by atoms with Gasteiger partial charge in [-0.2, -0.15) is 0 Å². The van der Waals surface area contributed by atoms with Crippen molar-refractivity contribution in [1.29, 1.82) is 0 Å². The molecule has 37 heavy (non-hydrogen) atoms. The third-order valence-corrected chi connectivity index (χ3v) is 7.19. The Bertz CT molecular complexity index is 2050. The minimum absolute atomic E-state index is 0.643. The summed E-state index contributed by atoms with van der Waals surface area (Å²) in [6, 6.07) is 40.3. The molecule has 0 aliphatic rings. The largest absolute Gasteiger partial charge is 0.278 e. The van der Waals surface area contributed by atoms with E-state index in [0.717, 1.165) is 33.3 Å². The van der Waals surface area contributed by atoms with Crippen molar-refractivity contribution in [3.05, 3.63) is 121 Å². The molecule has 0 aliphatic carbocycles.